The Morgan fingerprint density at radius 2 is 2.00 bits per heavy atom. The van der Waals surface area contributed by atoms with Crippen molar-refractivity contribution in [2.75, 3.05) is 18.5 Å². The molecule has 0 aliphatic carbocycles. The molecule has 1 fully saturated rings. The van der Waals surface area contributed by atoms with Gasteiger partial charge >= 0.3 is 22.5 Å². The van der Waals surface area contributed by atoms with E-state index in [1.165, 1.54) is 19.1 Å². The molecule has 1 aliphatic rings. The van der Waals surface area contributed by atoms with Crippen LogP contribution in [0.1, 0.15) is 40.2 Å². The van der Waals surface area contributed by atoms with Gasteiger partial charge in [-0.25, -0.2) is 14.0 Å². The lowest BCUT2D eigenvalue weighted by molar-refractivity contribution is 0.0262. The minimum absolute atomic E-state index is 0.135. The maximum Gasteiger partial charge on any atom is 0.426 e. The first-order chi connectivity index (χ1) is 12.8. The zero-order valence-electron chi connectivity index (χ0n) is 16.2. The summed E-state index contributed by atoms with van der Waals surface area (Å²) in [5.74, 6) is -0.786. The Balaban J connectivity index is 2.48. The lowest BCUT2D eigenvalue weighted by Crippen LogP contribution is -2.48. The average molecular weight is 418 g/mol. The van der Waals surface area contributed by atoms with Crippen LogP contribution in [-0.2, 0) is 29.5 Å². The summed E-state index contributed by atoms with van der Waals surface area (Å²) < 4.78 is 54.3. The molecule has 9 nitrogen and oxygen atoms in total. The topological polar surface area (TPSA) is 111 Å². The quantitative estimate of drug-likeness (QED) is 0.803. The fraction of sp³-hybridized carbons (Fsp3) is 0.529. The van der Waals surface area contributed by atoms with Gasteiger partial charge in [0.25, 0.3) is 0 Å². The number of hydrogen-bond acceptors (Lipinski definition) is 7. The molecule has 1 aliphatic heterocycles. The zero-order chi connectivity index (χ0) is 21.3. The number of nitrogens with zero attached hydrogens (tertiary/aromatic N) is 1. The van der Waals surface area contributed by atoms with Crippen molar-refractivity contribution in [1.29, 1.82) is 0 Å². The Labute approximate surface area is 163 Å². The van der Waals surface area contributed by atoms with Crippen molar-refractivity contribution in [3.8, 4) is 0 Å². The Hall–Kier alpha value is -2.40. The molecule has 1 atom stereocenters. The summed E-state index contributed by atoms with van der Waals surface area (Å²) in [7, 11) is -4.50. The fourth-order valence-corrected chi connectivity index (χ4v) is 3.98. The SMILES string of the molecule is CCOC(=O)Nc1ccc(F)c(C2(C)COS(=O)(=O)N2C(=O)OC(C)(C)C)c1. The van der Waals surface area contributed by atoms with Gasteiger partial charge in [0, 0.05) is 11.3 Å². The van der Waals surface area contributed by atoms with Crippen LogP contribution in [0.2, 0.25) is 0 Å². The van der Waals surface area contributed by atoms with E-state index in [1.54, 1.807) is 27.7 Å². The van der Waals surface area contributed by atoms with Gasteiger partial charge in [0.15, 0.2) is 0 Å². The van der Waals surface area contributed by atoms with E-state index in [4.69, 9.17) is 13.7 Å². The third kappa shape index (κ3) is 4.53. The summed E-state index contributed by atoms with van der Waals surface area (Å²) >= 11 is 0. The van der Waals surface area contributed by atoms with Crippen molar-refractivity contribution in [2.24, 2.45) is 0 Å². The molecule has 0 spiro atoms. The molecule has 0 bridgehead atoms. The summed E-state index contributed by atoms with van der Waals surface area (Å²) in [5.41, 5.74) is -2.72. The Morgan fingerprint density at radius 1 is 1.36 bits per heavy atom. The van der Waals surface area contributed by atoms with Crippen molar-refractivity contribution in [3.05, 3.63) is 29.6 Å². The fourth-order valence-electron chi connectivity index (χ4n) is 2.63. The number of anilines is 1. The van der Waals surface area contributed by atoms with Crippen LogP contribution in [0.25, 0.3) is 0 Å². The summed E-state index contributed by atoms with van der Waals surface area (Å²) in [6.45, 7) is 7.26. The van der Waals surface area contributed by atoms with Gasteiger partial charge in [0.2, 0.25) is 0 Å². The first-order valence-corrected chi connectivity index (χ1v) is 9.83. The number of carbonyl (C=O) groups is 2. The second-order valence-electron chi connectivity index (χ2n) is 7.28. The molecule has 0 aromatic heterocycles. The molecule has 2 amide bonds. The van der Waals surface area contributed by atoms with Gasteiger partial charge < -0.3 is 9.47 Å². The van der Waals surface area contributed by atoms with Crippen LogP contribution in [0.4, 0.5) is 19.7 Å². The first kappa shape index (κ1) is 21.9. The van der Waals surface area contributed by atoms with Crippen LogP contribution >= 0.6 is 0 Å². The van der Waals surface area contributed by atoms with Gasteiger partial charge in [-0.05, 0) is 52.8 Å². The first-order valence-electron chi connectivity index (χ1n) is 8.47. The molecule has 0 radical (unpaired) electrons. The van der Waals surface area contributed by atoms with Crippen LogP contribution in [0.5, 0.6) is 0 Å². The molecule has 2 rings (SSSR count). The molecule has 156 valence electrons. The van der Waals surface area contributed by atoms with Gasteiger partial charge in [-0.2, -0.15) is 12.7 Å². The highest BCUT2D eigenvalue weighted by atomic mass is 32.2. The van der Waals surface area contributed by atoms with Gasteiger partial charge in [0.05, 0.1) is 13.2 Å². The third-order valence-corrected chi connectivity index (χ3v) is 5.20. The monoisotopic (exact) mass is 418 g/mol. The summed E-state index contributed by atoms with van der Waals surface area (Å²) in [6, 6.07) is 3.54. The van der Waals surface area contributed by atoms with Gasteiger partial charge in [-0.3, -0.25) is 9.50 Å². The molecule has 28 heavy (non-hydrogen) atoms. The third-order valence-electron chi connectivity index (χ3n) is 3.79. The van der Waals surface area contributed by atoms with E-state index in [0.29, 0.717) is 4.31 Å². The maximum atomic E-state index is 14.6. The smallest absolute Gasteiger partial charge is 0.426 e. The van der Waals surface area contributed by atoms with E-state index in [1.807, 2.05) is 0 Å². The molecular weight excluding hydrogens is 395 g/mol. The van der Waals surface area contributed by atoms with Gasteiger partial charge in [0.1, 0.15) is 17.0 Å². The van der Waals surface area contributed by atoms with Crippen LogP contribution in [-0.4, -0.2) is 43.7 Å². The number of ether oxygens (including phenoxy) is 2. The molecule has 1 heterocycles. The number of amides is 2. The van der Waals surface area contributed by atoms with Crippen molar-refractivity contribution in [1.82, 2.24) is 4.31 Å². The number of halogens is 1. The molecule has 1 N–H and O–H groups in total. The molecule has 0 saturated carbocycles. The molecule has 1 unspecified atom stereocenters. The minimum atomic E-state index is -4.50. The summed E-state index contributed by atoms with van der Waals surface area (Å²) in [4.78, 5) is 24.2. The minimum Gasteiger partial charge on any atom is -0.450 e. The van der Waals surface area contributed by atoms with E-state index in [0.717, 1.165) is 6.07 Å². The van der Waals surface area contributed by atoms with Crippen molar-refractivity contribution in [2.45, 2.75) is 45.8 Å². The molecule has 1 saturated heterocycles. The molecular formula is C17H23FN2O7S. The number of rotatable bonds is 3. The zero-order valence-corrected chi connectivity index (χ0v) is 17.1. The number of hydrogen-bond donors (Lipinski definition) is 1. The van der Waals surface area contributed by atoms with Crippen LogP contribution in [0.3, 0.4) is 0 Å². The Bertz CT molecular complexity index is 882. The Kier molecular flexibility index (Phi) is 5.90. The van der Waals surface area contributed by atoms with Gasteiger partial charge in [-0.1, -0.05) is 0 Å². The lowest BCUT2D eigenvalue weighted by Gasteiger charge is -2.33. The maximum absolute atomic E-state index is 14.6. The van der Waals surface area contributed by atoms with E-state index >= 15 is 0 Å². The van der Waals surface area contributed by atoms with Crippen molar-refractivity contribution in [3.63, 3.8) is 0 Å². The number of nitrogens with one attached hydrogen (secondary N) is 1. The largest absolute Gasteiger partial charge is 0.450 e. The van der Waals surface area contributed by atoms with E-state index < -0.39 is 46.1 Å². The summed E-state index contributed by atoms with van der Waals surface area (Å²) in [5, 5.41) is 2.40. The van der Waals surface area contributed by atoms with E-state index in [2.05, 4.69) is 5.32 Å². The summed E-state index contributed by atoms with van der Waals surface area (Å²) in [6.07, 6.45) is -1.96. The van der Waals surface area contributed by atoms with Crippen LogP contribution in [0, 0.1) is 5.82 Å². The average Bonchev–Trinajstić information content (AvgIpc) is 2.78. The predicted molar refractivity (Wildman–Crippen MR) is 97.3 cm³/mol. The lowest BCUT2D eigenvalue weighted by atomic mass is 9.92. The normalized spacial score (nSPS) is 21.3. The molecule has 11 heteroatoms. The molecule has 1 aromatic carbocycles. The highest BCUT2D eigenvalue weighted by Gasteiger charge is 2.55. The Morgan fingerprint density at radius 3 is 2.57 bits per heavy atom. The highest BCUT2D eigenvalue weighted by Crippen LogP contribution is 2.40. The standard InChI is InChI=1S/C17H23FN2O7S/c1-6-25-14(21)19-11-7-8-13(18)12(9-11)17(5)10-26-28(23,24)20(17)15(22)27-16(2,3)4/h7-9H,6,10H2,1-5H3,(H,19,21). The van der Waals surface area contributed by atoms with Crippen LogP contribution < -0.4 is 5.32 Å². The van der Waals surface area contributed by atoms with Crippen molar-refractivity contribution < 1.29 is 36.1 Å². The van der Waals surface area contributed by atoms with Gasteiger partial charge in [-0.15, -0.1) is 0 Å². The van der Waals surface area contributed by atoms with E-state index in [9.17, 15) is 22.4 Å². The van der Waals surface area contributed by atoms with E-state index in [-0.39, 0.29) is 17.9 Å². The second kappa shape index (κ2) is 7.55. The number of benzene rings is 1. The van der Waals surface area contributed by atoms with Crippen molar-refractivity contribution >= 4 is 28.2 Å². The highest BCUT2D eigenvalue weighted by molar-refractivity contribution is 7.85. The number of carbonyl (C=O) groups excluding carboxylic acids is 2. The van der Waals surface area contributed by atoms with Crippen LogP contribution in [0.15, 0.2) is 18.2 Å². The predicted octanol–water partition coefficient (Wildman–Crippen LogP) is 3.12. The molecule has 1 aromatic rings. The second-order valence-corrected chi connectivity index (χ2v) is 8.73.